The van der Waals surface area contributed by atoms with Gasteiger partial charge in [0.1, 0.15) is 6.04 Å². The number of rotatable bonds is 5. The first-order valence-corrected chi connectivity index (χ1v) is 6.52. The van der Waals surface area contributed by atoms with E-state index in [0.29, 0.717) is 6.54 Å². The largest absolute Gasteiger partial charge is 0.480 e. The molecule has 0 bridgehead atoms. The van der Waals surface area contributed by atoms with Crippen molar-refractivity contribution in [1.82, 2.24) is 10.6 Å². The summed E-state index contributed by atoms with van der Waals surface area (Å²) in [6.07, 6.45) is 0. The maximum Gasteiger partial charge on any atom is 0.325 e. The van der Waals surface area contributed by atoms with Crippen LogP contribution in [0.2, 0.25) is 0 Å². The molecule has 3 N–H and O–H groups in total. The summed E-state index contributed by atoms with van der Waals surface area (Å²) in [5.74, 6) is -1.05. The summed E-state index contributed by atoms with van der Waals surface area (Å²) in [5, 5.41) is 15.7. The summed E-state index contributed by atoms with van der Waals surface area (Å²) in [4.78, 5) is 23.2. The Kier molecular flexibility index (Phi) is 4.72. The molecule has 1 atom stereocenters. The Hall–Kier alpha value is -1.56. The topological polar surface area (TPSA) is 78.4 Å². The highest BCUT2D eigenvalue weighted by Crippen LogP contribution is 2.26. The number of urea groups is 1. The van der Waals surface area contributed by atoms with E-state index in [9.17, 15) is 9.59 Å². The average molecular weight is 270 g/mol. The molecule has 0 saturated heterocycles. The molecule has 0 fully saturated rings. The van der Waals surface area contributed by atoms with E-state index >= 15 is 0 Å². The lowest BCUT2D eigenvalue weighted by Gasteiger charge is -2.24. The van der Waals surface area contributed by atoms with E-state index < -0.39 is 18.0 Å². The molecule has 6 heteroatoms. The molecule has 0 aromatic carbocycles. The molecule has 100 valence electrons. The van der Waals surface area contributed by atoms with Crippen LogP contribution in [0, 0.1) is 0 Å². The number of carboxylic acids is 1. The molecule has 1 aromatic rings. The van der Waals surface area contributed by atoms with Gasteiger partial charge >= 0.3 is 12.0 Å². The van der Waals surface area contributed by atoms with E-state index in [4.69, 9.17) is 5.11 Å². The van der Waals surface area contributed by atoms with Crippen molar-refractivity contribution < 1.29 is 14.7 Å². The third kappa shape index (κ3) is 4.03. The Morgan fingerprint density at radius 3 is 2.67 bits per heavy atom. The van der Waals surface area contributed by atoms with E-state index in [1.54, 1.807) is 11.3 Å². The van der Waals surface area contributed by atoms with Gasteiger partial charge in [-0.3, -0.25) is 4.79 Å². The van der Waals surface area contributed by atoms with Gasteiger partial charge in [0.25, 0.3) is 0 Å². The molecule has 0 spiro atoms. The van der Waals surface area contributed by atoms with E-state index in [2.05, 4.69) is 10.6 Å². The summed E-state index contributed by atoms with van der Waals surface area (Å²) in [7, 11) is 0. The minimum Gasteiger partial charge on any atom is -0.480 e. The first-order chi connectivity index (χ1) is 8.33. The van der Waals surface area contributed by atoms with Crippen LogP contribution in [0.15, 0.2) is 17.5 Å². The molecule has 2 amide bonds. The zero-order chi connectivity index (χ0) is 13.8. The van der Waals surface area contributed by atoms with Crippen LogP contribution in [0.25, 0.3) is 0 Å². The number of hydrogen-bond donors (Lipinski definition) is 3. The fourth-order valence-electron chi connectivity index (χ4n) is 1.36. The van der Waals surface area contributed by atoms with Gasteiger partial charge in [-0.05, 0) is 18.4 Å². The molecular weight excluding hydrogens is 252 g/mol. The van der Waals surface area contributed by atoms with Crippen LogP contribution in [-0.2, 0) is 10.2 Å². The third-order valence-corrected chi connectivity index (χ3v) is 3.83. The molecule has 1 rings (SSSR count). The Balaban J connectivity index is 2.45. The van der Waals surface area contributed by atoms with Crippen LogP contribution < -0.4 is 10.6 Å². The zero-order valence-corrected chi connectivity index (χ0v) is 11.5. The van der Waals surface area contributed by atoms with Crippen LogP contribution in [0.3, 0.4) is 0 Å². The number of nitrogens with one attached hydrogen (secondary N) is 2. The van der Waals surface area contributed by atoms with Gasteiger partial charge in [-0.15, -0.1) is 11.3 Å². The molecule has 0 aliphatic rings. The Morgan fingerprint density at radius 1 is 1.50 bits per heavy atom. The van der Waals surface area contributed by atoms with Crippen molar-refractivity contribution in [3.63, 3.8) is 0 Å². The molecule has 0 unspecified atom stereocenters. The number of carbonyl (C=O) groups is 2. The van der Waals surface area contributed by atoms with Gasteiger partial charge in [0.15, 0.2) is 0 Å². The highest BCUT2D eigenvalue weighted by atomic mass is 32.1. The summed E-state index contributed by atoms with van der Waals surface area (Å²) in [6, 6.07) is 2.63. The van der Waals surface area contributed by atoms with E-state index in [1.807, 2.05) is 31.4 Å². The van der Waals surface area contributed by atoms with Gasteiger partial charge < -0.3 is 15.7 Å². The van der Waals surface area contributed by atoms with Crippen molar-refractivity contribution in [2.24, 2.45) is 0 Å². The lowest BCUT2D eigenvalue weighted by molar-refractivity contribution is -0.138. The molecule has 0 radical (unpaired) electrons. The molecule has 5 nitrogen and oxygen atoms in total. The smallest absolute Gasteiger partial charge is 0.325 e. The number of hydrogen-bond acceptors (Lipinski definition) is 3. The van der Waals surface area contributed by atoms with Crippen molar-refractivity contribution in [2.75, 3.05) is 6.54 Å². The predicted molar refractivity (Wildman–Crippen MR) is 71.0 cm³/mol. The molecule has 0 aliphatic carbocycles. The summed E-state index contributed by atoms with van der Waals surface area (Å²) in [5.41, 5.74) is -0.169. The second-order valence-corrected chi connectivity index (χ2v) is 5.70. The van der Waals surface area contributed by atoms with Crippen LogP contribution in [-0.4, -0.2) is 29.7 Å². The Morgan fingerprint density at radius 2 is 2.17 bits per heavy atom. The van der Waals surface area contributed by atoms with Crippen molar-refractivity contribution in [3.05, 3.63) is 22.4 Å². The number of thiophene rings is 1. The molecule has 0 saturated carbocycles. The van der Waals surface area contributed by atoms with Gasteiger partial charge in [-0.2, -0.15) is 0 Å². The Bertz CT molecular complexity index is 415. The minimum atomic E-state index is -1.05. The average Bonchev–Trinajstić information content (AvgIpc) is 2.80. The van der Waals surface area contributed by atoms with Crippen LogP contribution in [0.1, 0.15) is 25.6 Å². The number of amides is 2. The van der Waals surface area contributed by atoms with E-state index in [1.165, 1.54) is 11.8 Å². The van der Waals surface area contributed by atoms with E-state index in [0.717, 1.165) is 0 Å². The van der Waals surface area contributed by atoms with Gasteiger partial charge in [-0.1, -0.05) is 19.9 Å². The predicted octanol–water partition coefficient (Wildman–Crippen LogP) is 1.80. The van der Waals surface area contributed by atoms with Crippen LogP contribution in [0.4, 0.5) is 4.79 Å². The van der Waals surface area contributed by atoms with Crippen LogP contribution in [0.5, 0.6) is 0 Å². The first kappa shape index (κ1) is 14.5. The highest BCUT2D eigenvalue weighted by molar-refractivity contribution is 7.10. The van der Waals surface area contributed by atoms with Crippen molar-refractivity contribution in [3.8, 4) is 0 Å². The van der Waals surface area contributed by atoms with Crippen molar-refractivity contribution >= 4 is 23.3 Å². The second-order valence-electron chi connectivity index (χ2n) is 4.75. The molecule has 18 heavy (non-hydrogen) atoms. The van der Waals surface area contributed by atoms with Gasteiger partial charge in [0, 0.05) is 16.8 Å². The Labute approximate surface area is 110 Å². The fourth-order valence-corrected chi connectivity index (χ4v) is 2.21. The molecule has 1 aromatic heterocycles. The lowest BCUT2D eigenvalue weighted by Crippen LogP contribution is -2.47. The summed E-state index contributed by atoms with van der Waals surface area (Å²) in [6.45, 7) is 5.93. The zero-order valence-electron chi connectivity index (χ0n) is 10.7. The highest BCUT2D eigenvalue weighted by Gasteiger charge is 2.23. The normalized spacial score (nSPS) is 12.8. The summed E-state index contributed by atoms with van der Waals surface area (Å²) >= 11 is 1.63. The van der Waals surface area contributed by atoms with Crippen molar-refractivity contribution in [1.29, 1.82) is 0 Å². The van der Waals surface area contributed by atoms with Gasteiger partial charge in [0.2, 0.25) is 0 Å². The minimum absolute atomic E-state index is 0.169. The SMILES string of the molecule is C[C@@H](NC(=O)NCC(C)(C)c1cccs1)C(=O)O. The number of carbonyl (C=O) groups excluding carboxylic acids is 1. The monoisotopic (exact) mass is 270 g/mol. The lowest BCUT2D eigenvalue weighted by atomic mass is 9.91. The van der Waals surface area contributed by atoms with Gasteiger partial charge in [0.05, 0.1) is 0 Å². The maximum atomic E-state index is 11.5. The first-order valence-electron chi connectivity index (χ1n) is 5.64. The third-order valence-electron chi connectivity index (χ3n) is 2.60. The van der Waals surface area contributed by atoms with Crippen molar-refractivity contribution in [2.45, 2.75) is 32.2 Å². The quantitative estimate of drug-likeness (QED) is 0.763. The second kappa shape index (κ2) is 5.86. The fraction of sp³-hybridized carbons (Fsp3) is 0.500. The van der Waals surface area contributed by atoms with Gasteiger partial charge in [-0.25, -0.2) is 4.79 Å². The number of aliphatic carboxylic acids is 1. The number of carboxylic acid groups (broad SMARTS) is 1. The molecule has 1 heterocycles. The molecular formula is C12H18N2O3S. The standard InChI is InChI=1S/C12H18N2O3S/c1-8(10(15)16)14-11(17)13-7-12(2,3)9-5-4-6-18-9/h4-6,8H,7H2,1-3H3,(H,15,16)(H2,13,14,17)/t8-/m1/s1. The van der Waals surface area contributed by atoms with Crippen LogP contribution >= 0.6 is 11.3 Å². The molecule has 0 aliphatic heterocycles. The summed E-state index contributed by atoms with van der Waals surface area (Å²) < 4.78 is 0. The van der Waals surface area contributed by atoms with E-state index in [-0.39, 0.29) is 5.41 Å². The maximum absolute atomic E-state index is 11.5.